The summed E-state index contributed by atoms with van der Waals surface area (Å²) in [6.07, 6.45) is 1.52. The first kappa shape index (κ1) is 29.9. The van der Waals surface area contributed by atoms with Gasteiger partial charge < -0.3 is 34.6 Å². The van der Waals surface area contributed by atoms with Crippen LogP contribution in [0.2, 0.25) is 0 Å². The number of primary amides is 1. The fraction of sp³-hybridized carbons (Fsp3) is 0.545. The molecule has 0 aromatic heterocycles. The maximum absolute atomic E-state index is 14.4. The molecule has 2 aromatic carbocycles. The number of nitrogens with zero attached hydrogens (tertiary/aromatic N) is 4. The van der Waals surface area contributed by atoms with Crippen molar-refractivity contribution in [2.45, 2.75) is 55.7 Å². The standard InChI is InChI=1S/C33H39N5O7S/c1-19(39)27-30-22-5-3-7-24(29(22)31(33(42)43)35(30)32(27)41)36-23-6-2-4-21-20(8-9-25(28(21)23)46(36,44)45)10-11-37-12-15-38(16-13-37,17-14-37)18-26(34)40/h2,4,6,8-9,19,22,24,27,30,39H,3,5,7,10-18H2,1H3,(H-2,34,40,42,43)/p+1. The van der Waals surface area contributed by atoms with Crippen LogP contribution in [-0.4, -0.2) is 116 Å². The summed E-state index contributed by atoms with van der Waals surface area (Å²) >= 11 is 0. The number of carboxylic acids is 1. The van der Waals surface area contributed by atoms with Gasteiger partial charge in [0.1, 0.15) is 39.3 Å². The Labute approximate surface area is 267 Å². The summed E-state index contributed by atoms with van der Waals surface area (Å²) in [6.45, 7) is 8.65. The molecule has 1 aliphatic carbocycles. The van der Waals surface area contributed by atoms with Gasteiger partial charge in [-0.1, -0.05) is 24.6 Å². The lowest BCUT2D eigenvalue weighted by Gasteiger charge is -2.55. The van der Waals surface area contributed by atoms with Crippen LogP contribution < -0.4 is 15.1 Å². The van der Waals surface area contributed by atoms with Gasteiger partial charge in [0.2, 0.25) is 5.91 Å². The minimum atomic E-state index is -4.03. The highest BCUT2D eigenvalue weighted by molar-refractivity contribution is 7.93. The molecule has 3 N–H and O–H groups in total. The van der Waals surface area contributed by atoms with Crippen molar-refractivity contribution < 1.29 is 42.0 Å². The molecule has 244 valence electrons. The van der Waals surface area contributed by atoms with E-state index in [1.165, 1.54) is 16.1 Å². The first-order valence-corrected chi connectivity index (χ1v) is 17.9. The number of carboxylic acid groups (broad SMARTS) is 1. The molecule has 2 bridgehead atoms. The zero-order valence-corrected chi connectivity index (χ0v) is 26.7. The fourth-order valence-electron chi connectivity index (χ4n) is 9.90. The van der Waals surface area contributed by atoms with Crippen LogP contribution in [0.15, 0.2) is 46.5 Å². The van der Waals surface area contributed by atoms with E-state index >= 15 is 0 Å². The van der Waals surface area contributed by atoms with E-state index in [1.807, 2.05) is 18.2 Å². The summed E-state index contributed by atoms with van der Waals surface area (Å²) in [7, 11) is -4.03. The number of piperazine rings is 3. The third kappa shape index (κ3) is 4.01. The van der Waals surface area contributed by atoms with Crippen molar-refractivity contribution in [2.75, 3.05) is 56.7 Å². The molecule has 6 aliphatic heterocycles. The molecule has 1 saturated carbocycles. The fourth-order valence-corrected chi connectivity index (χ4v) is 11.8. The van der Waals surface area contributed by atoms with Crippen molar-refractivity contribution >= 4 is 44.3 Å². The number of hydrogen-bond donors (Lipinski definition) is 2. The second-order valence-corrected chi connectivity index (χ2v) is 16.2. The lowest BCUT2D eigenvalue weighted by molar-refractivity contribution is -1.08. The Morgan fingerprint density at radius 1 is 1.07 bits per heavy atom. The number of aliphatic hydroxyl groups is 1. The molecule has 4 saturated heterocycles. The van der Waals surface area contributed by atoms with Crippen LogP contribution in [0, 0.1) is 11.8 Å². The van der Waals surface area contributed by atoms with Gasteiger partial charge in [0.25, 0.3) is 15.9 Å². The Morgan fingerprint density at radius 2 is 1.76 bits per heavy atom. The largest absolute Gasteiger partial charge is 0.543 e. The number of quaternary nitrogens is 2. The summed E-state index contributed by atoms with van der Waals surface area (Å²) < 4.78 is 31.9. The van der Waals surface area contributed by atoms with Gasteiger partial charge in [-0.05, 0) is 48.4 Å². The van der Waals surface area contributed by atoms with Gasteiger partial charge >= 0.3 is 0 Å². The lowest BCUT2D eigenvalue weighted by atomic mass is 9.71. The molecule has 12 nitrogen and oxygen atoms in total. The zero-order valence-electron chi connectivity index (χ0n) is 25.9. The summed E-state index contributed by atoms with van der Waals surface area (Å²) in [4.78, 5) is 38.7. The Morgan fingerprint density at radius 3 is 2.41 bits per heavy atom. The molecule has 2 amide bonds. The molecule has 5 atom stereocenters. The number of amides is 2. The highest BCUT2D eigenvalue weighted by Gasteiger charge is 2.62. The second kappa shape index (κ2) is 9.99. The van der Waals surface area contributed by atoms with E-state index in [-0.39, 0.29) is 22.4 Å². The Balaban J connectivity index is 1.13. The number of carbonyl (C=O) groups is 3. The minimum absolute atomic E-state index is 0.218. The Bertz CT molecular complexity index is 1830. The number of β-lactam (4-membered cyclic amide) rings is 1. The Kier molecular flexibility index (Phi) is 6.48. The summed E-state index contributed by atoms with van der Waals surface area (Å²) in [5.74, 6) is -3.27. The summed E-state index contributed by atoms with van der Waals surface area (Å²) in [5.41, 5.74) is 7.36. The maximum Gasteiger partial charge on any atom is 0.272 e. The van der Waals surface area contributed by atoms with Crippen LogP contribution in [0.1, 0.15) is 31.7 Å². The topological polar surface area (TPSA) is 161 Å². The average molecular weight is 651 g/mol. The summed E-state index contributed by atoms with van der Waals surface area (Å²) in [6, 6.07) is 7.97. The van der Waals surface area contributed by atoms with Crippen molar-refractivity contribution in [1.29, 1.82) is 0 Å². The van der Waals surface area contributed by atoms with Gasteiger partial charge in [0.15, 0.2) is 6.54 Å². The SMILES string of the molecule is CC(O)C1C(=O)N2C(C(=O)[O-])=C3C(CCCC3N3c4cccc5c(CC[N+]67CC[N+](CC(N)=O)(CC6)CC7)ccc(c45)S3(=O)=O)C12. The van der Waals surface area contributed by atoms with Crippen LogP contribution in [0.3, 0.4) is 0 Å². The number of anilines is 1. The predicted octanol–water partition coefficient (Wildman–Crippen LogP) is -0.569. The predicted molar refractivity (Wildman–Crippen MR) is 165 cm³/mol. The maximum atomic E-state index is 14.4. The molecule has 5 unspecified atom stereocenters. The lowest BCUT2D eigenvalue weighted by Crippen LogP contribution is -2.76. The summed E-state index contributed by atoms with van der Waals surface area (Å²) in [5, 5.41) is 24.4. The third-order valence-electron chi connectivity index (χ3n) is 12.2. The number of rotatable bonds is 8. The van der Waals surface area contributed by atoms with Crippen LogP contribution in [0.4, 0.5) is 5.69 Å². The first-order chi connectivity index (χ1) is 21.9. The normalized spacial score (nSPS) is 34.4. The van der Waals surface area contributed by atoms with Gasteiger partial charge in [-0.3, -0.25) is 13.9 Å². The molecule has 0 radical (unpaired) electrons. The van der Waals surface area contributed by atoms with E-state index in [2.05, 4.69) is 0 Å². The van der Waals surface area contributed by atoms with Gasteiger partial charge in [-0.2, -0.15) is 0 Å². The van der Waals surface area contributed by atoms with E-state index in [9.17, 15) is 33.0 Å². The monoisotopic (exact) mass is 650 g/mol. The average Bonchev–Trinajstić information content (AvgIpc) is 3.44. The van der Waals surface area contributed by atoms with Crippen molar-refractivity contribution in [3.63, 3.8) is 0 Å². The van der Waals surface area contributed by atoms with Gasteiger partial charge in [0, 0.05) is 17.7 Å². The molecule has 46 heavy (non-hydrogen) atoms. The highest BCUT2D eigenvalue weighted by atomic mass is 32.2. The van der Waals surface area contributed by atoms with Crippen LogP contribution in [0.5, 0.6) is 0 Å². The molecule has 2 aromatic rings. The Hall–Kier alpha value is -3.52. The van der Waals surface area contributed by atoms with Gasteiger partial charge in [0.05, 0.1) is 52.9 Å². The number of carbonyl (C=O) groups excluding carboxylic acids is 3. The number of aliphatic carboxylic acids is 1. The van der Waals surface area contributed by atoms with Crippen LogP contribution in [0.25, 0.3) is 10.8 Å². The van der Waals surface area contributed by atoms with E-state index < -0.39 is 46.0 Å². The first-order valence-electron chi connectivity index (χ1n) is 16.4. The number of sulfonamides is 1. The van der Waals surface area contributed by atoms with Crippen molar-refractivity contribution in [2.24, 2.45) is 17.6 Å². The van der Waals surface area contributed by atoms with Crippen molar-refractivity contribution in [1.82, 2.24) is 4.90 Å². The molecular weight excluding hydrogens is 610 g/mol. The number of aliphatic hydroxyl groups excluding tert-OH is 1. The third-order valence-corrected chi connectivity index (χ3v) is 14.1. The van der Waals surface area contributed by atoms with Gasteiger partial charge in [-0.25, -0.2) is 8.42 Å². The molecule has 0 spiro atoms. The van der Waals surface area contributed by atoms with Crippen LogP contribution in [-0.2, 0) is 30.8 Å². The molecule has 9 rings (SSSR count). The smallest absolute Gasteiger partial charge is 0.272 e. The van der Waals surface area contributed by atoms with E-state index in [1.54, 1.807) is 12.1 Å². The zero-order chi connectivity index (χ0) is 32.3. The van der Waals surface area contributed by atoms with Gasteiger partial charge in [-0.15, -0.1) is 0 Å². The molecule has 5 fully saturated rings. The number of hydrogen-bond acceptors (Lipinski definition) is 7. The van der Waals surface area contributed by atoms with Crippen molar-refractivity contribution in [3.05, 3.63) is 47.2 Å². The number of benzene rings is 2. The molecule has 6 heterocycles. The van der Waals surface area contributed by atoms with E-state index in [0.717, 1.165) is 72.1 Å². The molecular formula is C33H40N5O7S+. The van der Waals surface area contributed by atoms with Crippen molar-refractivity contribution in [3.8, 4) is 0 Å². The quantitative estimate of drug-likeness (QED) is 0.286. The van der Waals surface area contributed by atoms with Crippen LogP contribution >= 0.6 is 0 Å². The molecule has 7 aliphatic rings. The number of nitrogens with two attached hydrogens (primary N) is 1. The van der Waals surface area contributed by atoms with E-state index in [0.29, 0.717) is 42.5 Å². The van der Waals surface area contributed by atoms with E-state index in [4.69, 9.17) is 5.73 Å². The minimum Gasteiger partial charge on any atom is -0.543 e. The molecule has 13 heteroatoms. The second-order valence-electron chi connectivity index (χ2n) is 14.5. The number of fused-ring (bicyclic) bond motifs is 6. The highest BCUT2D eigenvalue weighted by Crippen LogP contribution is 2.55.